The molecule has 28 heavy (non-hydrogen) atoms. The number of piperidine rings is 1. The summed E-state index contributed by atoms with van der Waals surface area (Å²) in [4.78, 5) is 19.3. The fraction of sp³-hybridized carbons (Fsp3) is 0.476. The number of carbonyl (C=O) groups excluding carboxylic acids is 1. The summed E-state index contributed by atoms with van der Waals surface area (Å²) in [5, 5.41) is 0. The molecule has 2 heterocycles. The molecule has 1 aliphatic rings. The van der Waals surface area contributed by atoms with Crippen molar-refractivity contribution in [2.75, 3.05) is 33.2 Å². The van der Waals surface area contributed by atoms with E-state index in [9.17, 15) is 18.0 Å². The third-order valence-electron chi connectivity index (χ3n) is 5.30. The van der Waals surface area contributed by atoms with Crippen molar-refractivity contribution in [3.8, 4) is 0 Å². The summed E-state index contributed by atoms with van der Waals surface area (Å²) in [5.74, 6) is 0.380. The third kappa shape index (κ3) is 5.38. The average Bonchev–Trinajstić information content (AvgIpc) is 3.20. The summed E-state index contributed by atoms with van der Waals surface area (Å²) < 4.78 is 38.6. The smallest absolute Gasteiger partial charge is 0.367 e. The number of aromatic amines is 1. The van der Waals surface area contributed by atoms with Gasteiger partial charge in [0, 0.05) is 39.1 Å². The maximum absolute atomic E-state index is 12.9. The van der Waals surface area contributed by atoms with Crippen LogP contribution in [0.2, 0.25) is 0 Å². The number of alkyl halides is 3. The Morgan fingerprint density at radius 2 is 2.14 bits per heavy atom. The Hall–Kier alpha value is -2.28. The van der Waals surface area contributed by atoms with Crippen molar-refractivity contribution in [3.63, 3.8) is 0 Å². The first-order valence-electron chi connectivity index (χ1n) is 9.59. The van der Waals surface area contributed by atoms with E-state index in [-0.39, 0.29) is 5.91 Å². The highest BCUT2D eigenvalue weighted by Gasteiger charge is 2.30. The average molecular weight is 393 g/mol. The zero-order chi connectivity index (χ0) is 20.1. The number of carbonyl (C=O) groups is 1. The first-order valence-corrected chi connectivity index (χ1v) is 9.59. The Balaban J connectivity index is 1.50. The number of rotatable bonds is 6. The van der Waals surface area contributed by atoms with E-state index >= 15 is 0 Å². The van der Waals surface area contributed by atoms with Gasteiger partial charge in [-0.25, -0.2) is 0 Å². The molecule has 1 saturated heterocycles. The van der Waals surface area contributed by atoms with Crippen molar-refractivity contribution in [1.82, 2.24) is 14.8 Å². The molecular formula is C21H26F3N3O. The normalized spacial score (nSPS) is 18.2. The number of likely N-dealkylation sites (tertiary alicyclic amines) is 1. The Morgan fingerprint density at radius 3 is 2.86 bits per heavy atom. The van der Waals surface area contributed by atoms with Crippen LogP contribution < -0.4 is 0 Å². The van der Waals surface area contributed by atoms with E-state index in [1.807, 2.05) is 7.05 Å². The van der Waals surface area contributed by atoms with Gasteiger partial charge in [0.2, 0.25) is 0 Å². The van der Waals surface area contributed by atoms with Gasteiger partial charge in [-0.2, -0.15) is 13.2 Å². The summed E-state index contributed by atoms with van der Waals surface area (Å²) in [5.41, 5.74) is 0.767. The van der Waals surface area contributed by atoms with Gasteiger partial charge in [-0.1, -0.05) is 18.2 Å². The summed E-state index contributed by atoms with van der Waals surface area (Å²) in [6, 6.07) is 7.34. The molecule has 7 heteroatoms. The second-order valence-electron chi connectivity index (χ2n) is 7.54. The highest BCUT2D eigenvalue weighted by molar-refractivity contribution is 5.93. The molecule has 0 spiro atoms. The van der Waals surface area contributed by atoms with Crippen molar-refractivity contribution in [3.05, 3.63) is 59.4 Å². The van der Waals surface area contributed by atoms with Gasteiger partial charge < -0.3 is 14.8 Å². The Kier molecular flexibility index (Phi) is 6.44. The lowest BCUT2D eigenvalue weighted by Gasteiger charge is -2.34. The van der Waals surface area contributed by atoms with Crippen molar-refractivity contribution < 1.29 is 18.0 Å². The van der Waals surface area contributed by atoms with E-state index in [1.165, 1.54) is 12.1 Å². The monoisotopic (exact) mass is 393 g/mol. The van der Waals surface area contributed by atoms with Crippen molar-refractivity contribution in [1.29, 1.82) is 0 Å². The summed E-state index contributed by atoms with van der Waals surface area (Å²) >= 11 is 0. The molecule has 0 bridgehead atoms. The van der Waals surface area contributed by atoms with E-state index in [2.05, 4.69) is 9.88 Å². The lowest BCUT2D eigenvalue weighted by Crippen LogP contribution is -2.42. The standard InChI is InChI=1S/C21H26F3N3O/c1-26(20(28)18-7-9-25-13-18)14-17-5-3-10-27(15-17)11-8-16-4-2-6-19(12-16)21(22,23)24/h2,4,6-7,9,12-13,17,25H,3,5,8,10-11,14-15H2,1H3/t17-/m0/s1. The van der Waals surface area contributed by atoms with E-state index in [4.69, 9.17) is 0 Å². The molecule has 1 amide bonds. The number of aromatic nitrogens is 1. The van der Waals surface area contributed by atoms with E-state index < -0.39 is 11.7 Å². The number of H-pyrrole nitrogens is 1. The van der Waals surface area contributed by atoms with Crippen LogP contribution in [0, 0.1) is 5.92 Å². The molecule has 1 aromatic heterocycles. The molecule has 4 nitrogen and oxygen atoms in total. The molecule has 1 fully saturated rings. The van der Waals surface area contributed by atoms with Crippen LogP contribution in [0.25, 0.3) is 0 Å². The SMILES string of the molecule is CN(C[C@@H]1CCCN(CCc2cccc(C(F)(F)F)c2)C1)C(=O)c1cc[nH]c1. The minimum Gasteiger partial charge on any atom is -0.367 e. The van der Waals surface area contributed by atoms with Gasteiger partial charge in [-0.05, 0) is 49.4 Å². The minimum atomic E-state index is -4.30. The topological polar surface area (TPSA) is 39.3 Å². The molecule has 0 radical (unpaired) electrons. The summed E-state index contributed by atoms with van der Waals surface area (Å²) in [6.07, 6.45) is 1.82. The highest BCUT2D eigenvalue weighted by atomic mass is 19.4. The predicted octanol–water partition coefficient (Wildman–Crippen LogP) is 4.06. The van der Waals surface area contributed by atoms with E-state index in [1.54, 1.807) is 29.4 Å². The van der Waals surface area contributed by atoms with Crippen LogP contribution in [0.1, 0.15) is 34.3 Å². The fourth-order valence-electron chi connectivity index (χ4n) is 3.84. The number of amides is 1. The molecule has 1 aliphatic heterocycles. The van der Waals surface area contributed by atoms with Gasteiger partial charge in [-0.15, -0.1) is 0 Å². The zero-order valence-corrected chi connectivity index (χ0v) is 16.0. The lowest BCUT2D eigenvalue weighted by atomic mass is 9.96. The summed E-state index contributed by atoms with van der Waals surface area (Å²) in [7, 11) is 1.82. The van der Waals surface area contributed by atoms with Crippen LogP contribution in [0.3, 0.4) is 0 Å². The lowest BCUT2D eigenvalue weighted by molar-refractivity contribution is -0.137. The van der Waals surface area contributed by atoms with Crippen LogP contribution in [0.4, 0.5) is 13.2 Å². The summed E-state index contributed by atoms with van der Waals surface area (Å²) in [6.45, 7) is 3.23. The van der Waals surface area contributed by atoms with Crippen LogP contribution in [-0.2, 0) is 12.6 Å². The molecule has 0 unspecified atom stereocenters. The van der Waals surface area contributed by atoms with Gasteiger partial charge in [0.15, 0.2) is 0 Å². The second kappa shape index (κ2) is 8.82. The highest BCUT2D eigenvalue weighted by Crippen LogP contribution is 2.29. The maximum atomic E-state index is 12.9. The van der Waals surface area contributed by atoms with Crippen LogP contribution in [-0.4, -0.2) is 53.9 Å². The molecular weight excluding hydrogens is 367 g/mol. The van der Waals surface area contributed by atoms with Gasteiger partial charge in [-0.3, -0.25) is 4.79 Å². The molecule has 1 atom stereocenters. The van der Waals surface area contributed by atoms with Crippen LogP contribution >= 0.6 is 0 Å². The number of hydrogen-bond donors (Lipinski definition) is 1. The largest absolute Gasteiger partial charge is 0.416 e. The molecule has 3 rings (SSSR count). The molecule has 2 aromatic rings. The van der Waals surface area contributed by atoms with E-state index in [0.717, 1.165) is 38.5 Å². The van der Waals surface area contributed by atoms with Crippen molar-refractivity contribution in [2.24, 2.45) is 5.92 Å². The Morgan fingerprint density at radius 1 is 1.32 bits per heavy atom. The van der Waals surface area contributed by atoms with Crippen LogP contribution in [0.5, 0.6) is 0 Å². The molecule has 0 saturated carbocycles. The van der Waals surface area contributed by atoms with Gasteiger partial charge in [0.25, 0.3) is 5.91 Å². The van der Waals surface area contributed by atoms with E-state index in [0.29, 0.717) is 30.0 Å². The molecule has 152 valence electrons. The molecule has 1 aromatic carbocycles. The Labute approximate surface area is 163 Å². The zero-order valence-electron chi connectivity index (χ0n) is 16.0. The van der Waals surface area contributed by atoms with Crippen molar-refractivity contribution in [2.45, 2.75) is 25.4 Å². The predicted molar refractivity (Wildman–Crippen MR) is 102 cm³/mol. The molecule has 0 aliphatic carbocycles. The second-order valence-corrected chi connectivity index (χ2v) is 7.54. The first kappa shape index (κ1) is 20.5. The number of halogens is 3. The number of hydrogen-bond acceptors (Lipinski definition) is 2. The van der Waals surface area contributed by atoms with Crippen molar-refractivity contribution >= 4 is 5.91 Å². The number of nitrogens with zero attached hydrogens (tertiary/aromatic N) is 2. The van der Waals surface area contributed by atoms with Gasteiger partial charge >= 0.3 is 6.18 Å². The Bertz CT molecular complexity index is 773. The fourth-order valence-corrected chi connectivity index (χ4v) is 3.84. The minimum absolute atomic E-state index is 0.00217. The quantitative estimate of drug-likeness (QED) is 0.804. The third-order valence-corrected chi connectivity index (χ3v) is 5.30. The number of benzene rings is 1. The van der Waals surface area contributed by atoms with Crippen LogP contribution in [0.15, 0.2) is 42.7 Å². The maximum Gasteiger partial charge on any atom is 0.416 e. The number of nitrogens with one attached hydrogen (secondary N) is 1. The van der Waals surface area contributed by atoms with Gasteiger partial charge in [0.1, 0.15) is 0 Å². The molecule has 1 N–H and O–H groups in total. The first-order chi connectivity index (χ1) is 13.3. The van der Waals surface area contributed by atoms with Gasteiger partial charge in [0.05, 0.1) is 11.1 Å².